The van der Waals surface area contributed by atoms with Gasteiger partial charge in [0.15, 0.2) is 0 Å². The maximum Gasteiger partial charge on any atom is -0.00519 e. The quantitative estimate of drug-likeness (QED) is 0.473. The Labute approximate surface area is 103 Å². The zero-order valence-corrected chi connectivity index (χ0v) is 11.5. The monoisotopic (exact) mass is 228 g/mol. The van der Waals surface area contributed by atoms with Crippen LogP contribution in [0.2, 0.25) is 0 Å². The minimum Gasteiger partial charge on any atom is -0.320 e. The molecule has 2 nitrogen and oxygen atoms in total. The van der Waals surface area contributed by atoms with E-state index in [4.69, 9.17) is 0 Å². The fraction of sp³-hybridized carbons (Fsp3) is 1.00. The third-order valence-corrected chi connectivity index (χ3v) is 3.10. The van der Waals surface area contributed by atoms with Crippen LogP contribution in [-0.2, 0) is 0 Å². The minimum atomic E-state index is 1.19. The predicted molar refractivity (Wildman–Crippen MR) is 74.0 cm³/mol. The first kappa shape index (κ1) is 15.9. The van der Waals surface area contributed by atoms with Crippen LogP contribution in [0, 0.1) is 0 Å². The molecule has 0 aliphatic rings. The van der Waals surface area contributed by atoms with Crippen molar-refractivity contribution in [3.8, 4) is 0 Å². The van der Waals surface area contributed by atoms with Crippen LogP contribution in [0.1, 0.15) is 64.2 Å². The molecule has 0 spiro atoms. The van der Waals surface area contributed by atoms with Crippen LogP contribution in [0.4, 0.5) is 0 Å². The summed E-state index contributed by atoms with van der Waals surface area (Å²) in [4.78, 5) is 0. The lowest BCUT2D eigenvalue weighted by Crippen LogP contribution is -2.06. The van der Waals surface area contributed by atoms with Gasteiger partial charge in [0.05, 0.1) is 0 Å². The fourth-order valence-corrected chi connectivity index (χ4v) is 2.02. The van der Waals surface area contributed by atoms with Crippen LogP contribution < -0.4 is 10.6 Å². The molecule has 0 aliphatic carbocycles. The Hall–Kier alpha value is -0.0800. The molecule has 0 aliphatic heterocycles. The Kier molecular flexibility index (Phi) is 14.8. The van der Waals surface area contributed by atoms with E-state index in [0.29, 0.717) is 0 Å². The van der Waals surface area contributed by atoms with Gasteiger partial charge in [0, 0.05) is 0 Å². The lowest BCUT2D eigenvalue weighted by atomic mass is 10.1. The van der Waals surface area contributed by atoms with E-state index in [1.807, 2.05) is 14.1 Å². The van der Waals surface area contributed by atoms with E-state index in [-0.39, 0.29) is 0 Å². The third-order valence-electron chi connectivity index (χ3n) is 3.10. The molecule has 0 saturated heterocycles. The standard InChI is InChI=1S/C14H32N2/c1-15-13-11-9-7-5-3-4-6-8-10-12-14-16-2/h15-16H,3-14H2,1-2H3. The summed E-state index contributed by atoms with van der Waals surface area (Å²) in [7, 11) is 4.07. The van der Waals surface area contributed by atoms with Gasteiger partial charge in [-0.1, -0.05) is 51.4 Å². The third kappa shape index (κ3) is 13.9. The van der Waals surface area contributed by atoms with Crippen molar-refractivity contribution in [2.75, 3.05) is 27.2 Å². The minimum absolute atomic E-state index is 1.19. The van der Waals surface area contributed by atoms with Gasteiger partial charge in [-0.25, -0.2) is 0 Å². The summed E-state index contributed by atoms with van der Waals surface area (Å²) in [5, 5.41) is 6.40. The summed E-state index contributed by atoms with van der Waals surface area (Å²) in [5.41, 5.74) is 0. The summed E-state index contributed by atoms with van der Waals surface area (Å²) < 4.78 is 0. The highest BCUT2D eigenvalue weighted by Crippen LogP contribution is 2.10. The van der Waals surface area contributed by atoms with E-state index >= 15 is 0 Å². The van der Waals surface area contributed by atoms with Gasteiger partial charge >= 0.3 is 0 Å². The molecular weight excluding hydrogens is 196 g/mol. The summed E-state index contributed by atoms with van der Waals surface area (Å²) in [6.07, 6.45) is 14.2. The van der Waals surface area contributed by atoms with Crippen molar-refractivity contribution in [3.63, 3.8) is 0 Å². The van der Waals surface area contributed by atoms with Crippen LogP contribution >= 0.6 is 0 Å². The Balaban J connectivity index is 2.83. The van der Waals surface area contributed by atoms with Gasteiger partial charge < -0.3 is 10.6 Å². The van der Waals surface area contributed by atoms with Gasteiger partial charge in [0.1, 0.15) is 0 Å². The molecule has 2 heteroatoms. The van der Waals surface area contributed by atoms with Crippen molar-refractivity contribution in [1.82, 2.24) is 10.6 Å². The topological polar surface area (TPSA) is 24.1 Å². The predicted octanol–water partition coefficient (Wildman–Crippen LogP) is 3.33. The summed E-state index contributed by atoms with van der Waals surface area (Å²) >= 11 is 0. The smallest absolute Gasteiger partial charge is 0.00519 e. The molecule has 0 unspecified atom stereocenters. The Morgan fingerprint density at radius 1 is 0.438 bits per heavy atom. The largest absolute Gasteiger partial charge is 0.320 e. The lowest BCUT2D eigenvalue weighted by Gasteiger charge is -2.02. The molecule has 0 saturated carbocycles. The average Bonchev–Trinajstić information content (AvgIpc) is 2.31. The molecule has 0 aromatic heterocycles. The van der Waals surface area contributed by atoms with Gasteiger partial charge in [-0.05, 0) is 40.0 Å². The first-order valence-corrected chi connectivity index (χ1v) is 7.21. The maximum atomic E-state index is 3.20. The SMILES string of the molecule is CNCCCCCCCCCCCCNC. The molecule has 0 atom stereocenters. The molecule has 0 aromatic rings. The Morgan fingerprint density at radius 3 is 0.938 bits per heavy atom. The van der Waals surface area contributed by atoms with Crippen molar-refractivity contribution < 1.29 is 0 Å². The van der Waals surface area contributed by atoms with Crippen molar-refractivity contribution in [2.24, 2.45) is 0 Å². The van der Waals surface area contributed by atoms with Gasteiger partial charge in [-0.2, -0.15) is 0 Å². The molecule has 16 heavy (non-hydrogen) atoms. The molecule has 0 radical (unpaired) electrons. The molecule has 0 fully saturated rings. The van der Waals surface area contributed by atoms with Gasteiger partial charge in [-0.3, -0.25) is 0 Å². The van der Waals surface area contributed by atoms with Gasteiger partial charge in [0.25, 0.3) is 0 Å². The highest BCUT2D eigenvalue weighted by molar-refractivity contribution is 4.49. The molecule has 98 valence electrons. The number of nitrogens with one attached hydrogen (secondary N) is 2. The normalized spacial score (nSPS) is 10.9. The van der Waals surface area contributed by atoms with Crippen LogP contribution in [0.5, 0.6) is 0 Å². The molecule has 0 rings (SSSR count). The second-order valence-corrected chi connectivity index (χ2v) is 4.74. The van der Waals surface area contributed by atoms with Crippen LogP contribution in [0.15, 0.2) is 0 Å². The van der Waals surface area contributed by atoms with E-state index in [1.54, 1.807) is 0 Å². The highest BCUT2D eigenvalue weighted by atomic mass is 14.8. The summed E-state index contributed by atoms with van der Waals surface area (Å²) in [6, 6.07) is 0. The van der Waals surface area contributed by atoms with Crippen LogP contribution in [0.25, 0.3) is 0 Å². The fourth-order valence-electron chi connectivity index (χ4n) is 2.02. The molecular formula is C14H32N2. The highest BCUT2D eigenvalue weighted by Gasteiger charge is 1.92. The van der Waals surface area contributed by atoms with Crippen molar-refractivity contribution >= 4 is 0 Å². The first-order chi connectivity index (χ1) is 7.91. The van der Waals surface area contributed by atoms with E-state index in [2.05, 4.69) is 10.6 Å². The lowest BCUT2D eigenvalue weighted by molar-refractivity contribution is 0.543. The van der Waals surface area contributed by atoms with Crippen molar-refractivity contribution in [1.29, 1.82) is 0 Å². The van der Waals surface area contributed by atoms with Gasteiger partial charge in [-0.15, -0.1) is 0 Å². The zero-order chi connectivity index (χ0) is 11.9. The second-order valence-electron chi connectivity index (χ2n) is 4.74. The van der Waals surface area contributed by atoms with Gasteiger partial charge in [0.2, 0.25) is 0 Å². The molecule has 0 bridgehead atoms. The molecule has 0 amide bonds. The summed E-state index contributed by atoms with van der Waals surface area (Å²) in [6.45, 7) is 2.37. The van der Waals surface area contributed by atoms with Crippen molar-refractivity contribution in [3.05, 3.63) is 0 Å². The molecule has 2 N–H and O–H groups in total. The number of unbranched alkanes of at least 4 members (excludes halogenated alkanes) is 9. The van der Waals surface area contributed by atoms with Crippen molar-refractivity contribution in [2.45, 2.75) is 64.2 Å². The van der Waals surface area contributed by atoms with Crippen LogP contribution in [0.3, 0.4) is 0 Å². The number of hydrogen-bond acceptors (Lipinski definition) is 2. The maximum absolute atomic E-state index is 3.20. The summed E-state index contributed by atoms with van der Waals surface area (Å²) in [5.74, 6) is 0. The van der Waals surface area contributed by atoms with Crippen LogP contribution in [-0.4, -0.2) is 27.2 Å². The number of rotatable bonds is 13. The van der Waals surface area contributed by atoms with E-state index < -0.39 is 0 Å². The Morgan fingerprint density at radius 2 is 0.688 bits per heavy atom. The first-order valence-electron chi connectivity index (χ1n) is 7.21. The number of hydrogen-bond donors (Lipinski definition) is 2. The zero-order valence-electron chi connectivity index (χ0n) is 11.5. The second kappa shape index (κ2) is 14.9. The average molecular weight is 228 g/mol. The molecule has 0 heterocycles. The molecule has 0 aromatic carbocycles. The Bertz CT molecular complexity index is 101. The van der Waals surface area contributed by atoms with E-state index in [1.165, 1.54) is 77.3 Å². The van der Waals surface area contributed by atoms with E-state index in [0.717, 1.165) is 0 Å². The van der Waals surface area contributed by atoms with E-state index in [9.17, 15) is 0 Å².